The maximum atomic E-state index is 13.6. The third-order valence-electron chi connectivity index (χ3n) is 7.15. The molecule has 3 rings (SSSR count). The number of carbonyl (C=O) groups is 4. The van der Waals surface area contributed by atoms with Crippen molar-refractivity contribution in [1.29, 1.82) is 0 Å². The van der Waals surface area contributed by atoms with Crippen molar-refractivity contribution in [1.82, 2.24) is 15.5 Å². The first-order chi connectivity index (χ1) is 21.1. The molecule has 0 aliphatic rings. The predicted molar refractivity (Wildman–Crippen MR) is 168 cm³/mol. The topological polar surface area (TPSA) is 162 Å². The van der Waals surface area contributed by atoms with Gasteiger partial charge in [-0.2, -0.15) is 0 Å². The van der Waals surface area contributed by atoms with Gasteiger partial charge in [-0.05, 0) is 48.6 Å². The first-order valence-corrected chi connectivity index (χ1v) is 14.9. The van der Waals surface area contributed by atoms with Crippen LogP contribution in [0.1, 0.15) is 75.3 Å². The van der Waals surface area contributed by atoms with Gasteiger partial charge in [0.1, 0.15) is 6.10 Å². The van der Waals surface area contributed by atoms with Gasteiger partial charge in [-0.25, -0.2) is 0 Å². The van der Waals surface area contributed by atoms with Crippen molar-refractivity contribution in [3.8, 4) is 0 Å². The quantitative estimate of drug-likeness (QED) is 0.169. The van der Waals surface area contributed by atoms with Crippen LogP contribution in [-0.4, -0.2) is 70.1 Å². The second-order valence-corrected chi connectivity index (χ2v) is 10.7. The van der Waals surface area contributed by atoms with Crippen molar-refractivity contribution < 1.29 is 29.4 Å². The number of aliphatic hydroxyl groups is 2. The third kappa shape index (κ3) is 10.0. The van der Waals surface area contributed by atoms with Crippen LogP contribution >= 0.6 is 0 Å². The molecule has 0 radical (unpaired) electrons. The minimum absolute atomic E-state index is 0.00190. The molecule has 3 aromatic carbocycles. The van der Waals surface area contributed by atoms with Gasteiger partial charge in [0, 0.05) is 36.3 Å². The molecule has 0 aliphatic carbocycles. The van der Waals surface area contributed by atoms with E-state index >= 15 is 0 Å². The van der Waals surface area contributed by atoms with Crippen molar-refractivity contribution in [2.75, 3.05) is 13.1 Å². The summed E-state index contributed by atoms with van der Waals surface area (Å²) in [4.78, 5) is 53.2. The largest absolute Gasteiger partial charge is 0.390 e. The van der Waals surface area contributed by atoms with E-state index in [1.807, 2.05) is 62.4 Å². The van der Waals surface area contributed by atoms with Gasteiger partial charge in [0.05, 0.1) is 18.6 Å². The number of aliphatic hydroxyl groups excluding tert-OH is 2. The van der Waals surface area contributed by atoms with Gasteiger partial charge < -0.3 is 31.5 Å². The highest BCUT2D eigenvalue weighted by atomic mass is 16.3. The summed E-state index contributed by atoms with van der Waals surface area (Å²) in [5, 5.41) is 27.5. The summed E-state index contributed by atoms with van der Waals surface area (Å²) in [5.41, 5.74) is 7.32. The summed E-state index contributed by atoms with van der Waals surface area (Å²) in [6, 6.07) is 21.4. The van der Waals surface area contributed by atoms with E-state index in [4.69, 9.17) is 5.73 Å². The van der Waals surface area contributed by atoms with Crippen molar-refractivity contribution in [3.63, 3.8) is 0 Å². The summed E-state index contributed by atoms with van der Waals surface area (Å²) in [5.74, 6) is -2.28. The molecule has 234 valence electrons. The molecular formula is C34H42N4O6. The molecule has 0 heterocycles. The molecule has 0 aromatic heterocycles. The zero-order valence-corrected chi connectivity index (χ0v) is 25.2. The zero-order valence-electron chi connectivity index (χ0n) is 25.2. The summed E-state index contributed by atoms with van der Waals surface area (Å²) < 4.78 is 0. The normalized spacial score (nSPS) is 12.9. The van der Waals surface area contributed by atoms with Gasteiger partial charge in [0.2, 0.25) is 11.8 Å². The van der Waals surface area contributed by atoms with Crippen LogP contribution in [0.4, 0.5) is 0 Å². The van der Waals surface area contributed by atoms with Gasteiger partial charge >= 0.3 is 0 Å². The molecule has 0 saturated heterocycles. The number of nitrogens with zero attached hydrogens (tertiary/aromatic N) is 1. The molecule has 0 spiro atoms. The van der Waals surface area contributed by atoms with Crippen LogP contribution < -0.4 is 16.4 Å². The molecule has 10 heteroatoms. The van der Waals surface area contributed by atoms with Crippen LogP contribution in [0.15, 0.2) is 78.9 Å². The lowest BCUT2D eigenvalue weighted by Crippen LogP contribution is -2.50. The van der Waals surface area contributed by atoms with Gasteiger partial charge in [-0.3, -0.25) is 19.2 Å². The van der Waals surface area contributed by atoms with Crippen molar-refractivity contribution in [2.24, 2.45) is 5.73 Å². The van der Waals surface area contributed by atoms with Crippen LogP contribution in [0, 0.1) is 0 Å². The van der Waals surface area contributed by atoms with Crippen molar-refractivity contribution in [3.05, 3.63) is 107 Å². The lowest BCUT2D eigenvalue weighted by Gasteiger charge is -2.28. The molecule has 3 atom stereocenters. The van der Waals surface area contributed by atoms with Crippen LogP contribution in [0.3, 0.4) is 0 Å². The van der Waals surface area contributed by atoms with E-state index in [-0.39, 0.29) is 35.6 Å². The fourth-order valence-electron chi connectivity index (χ4n) is 4.89. The Bertz CT molecular complexity index is 1390. The second kappa shape index (κ2) is 16.9. The molecule has 6 N–H and O–H groups in total. The van der Waals surface area contributed by atoms with E-state index in [1.165, 1.54) is 18.2 Å². The van der Waals surface area contributed by atoms with Gasteiger partial charge in [0.15, 0.2) is 0 Å². The summed E-state index contributed by atoms with van der Waals surface area (Å²) in [6.07, 6.45) is -1.80. The number of nitrogens with one attached hydrogen (secondary N) is 2. The standard InChI is InChI=1S/C34H42N4O6/c1-3-15-38(16-4-2)34(44)27-19-25(32(35)42)18-26(20-27)33(43)37-28(17-23-11-7-5-8-12-23)31(41)29(39)21-30(40)36-22-24-13-9-6-10-14-24/h5-14,18-20,28-29,31,39,41H,3-4,15-17,21-22H2,1-2H3,(H2,35,42)(H,36,40)(H,37,43). The van der Waals surface area contributed by atoms with Crippen LogP contribution in [0.2, 0.25) is 0 Å². The fourth-order valence-corrected chi connectivity index (χ4v) is 4.89. The number of amides is 4. The molecule has 0 aliphatic heterocycles. The number of hydrogen-bond donors (Lipinski definition) is 5. The van der Waals surface area contributed by atoms with Crippen LogP contribution in [-0.2, 0) is 17.8 Å². The molecule has 10 nitrogen and oxygen atoms in total. The predicted octanol–water partition coefficient (Wildman–Crippen LogP) is 2.82. The number of rotatable bonds is 16. The molecule has 44 heavy (non-hydrogen) atoms. The Morgan fingerprint density at radius 2 is 1.34 bits per heavy atom. The number of benzene rings is 3. The van der Waals surface area contributed by atoms with Crippen molar-refractivity contribution >= 4 is 23.6 Å². The van der Waals surface area contributed by atoms with E-state index in [2.05, 4.69) is 10.6 Å². The summed E-state index contributed by atoms with van der Waals surface area (Å²) in [6.45, 7) is 5.19. The highest BCUT2D eigenvalue weighted by molar-refractivity contribution is 6.04. The first-order valence-electron chi connectivity index (χ1n) is 14.9. The average molecular weight is 603 g/mol. The van der Waals surface area contributed by atoms with E-state index < -0.39 is 42.4 Å². The van der Waals surface area contributed by atoms with E-state index in [1.54, 1.807) is 17.0 Å². The molecule has 0 saturated carbocycles. The number of primary amides is 1. The van der Waals surface area contributed by atoms with E-state index in [0.29, 0.717) is 13.1 Å². The molecular weight excluding hydrogens is 560 g/mol. The van der Waals surface area contributed by atoms with Crippen LogP contribution in [0.5, 0.6) is 0 Å². The van der Waals surface area contributed by atoms with Crippen molar-refractivity contribution in [2.45, 2.75) is 64.3 Å². The maximum Gasteiger partial charge on any atom is 0.253 e. The highest BCUT2D eigenvalue weighted by Gasteiger charge is 2.30. The smallest absolute Gasteiger partial charge is 0.253 e. The van der Waals surface area contributed by atoms with E-state index in [0.717, 1.165) is 24.0 Å². The summed E-state index contributed by atoms with van der Waals surface area (Å²) in [7, 11) is 0. The fraction of sp³-hybridized carbons (Fsp3) is 0.353. The van der Waals surface area contributed by atoms with Gasteiger partial charge in [0.25, 0.3) is 11.8 Å². The highest BCUT2D eigenvalue weighted by Crippen LogP contribution is 2.17. The Kier molecular flexibility index (Phi) is 13.1. The Morgan fingerprint density at radius 1 is 0.795 bits per heavy atom. The Morgan fingerprint density at radius 3 is 1.91 bits per heavy atom. The molecule has 0 bridgehead atoms. The second-order valence-electron chi connectivity index (χ2n) is 10.7. The Balaban J connectivity index is 1.82. The van der Waals surface area contributed by atoms with Crippen LogP contribution in [0.25, 0.3) is 0 Å². The third-order valence-corrected chi connectivity index (χ3v) is 7.15. The molecule has 3 unspecified atom stereocenters. The van der Waals surface area contributed by atoms with Gasteiger partial charge in [-0.1, -0.05) is 74.5 Å². The Hall–Kier alpha value is -4.54. The Labute approximate surface area is 258 Å². The lowest BCUT2D eigenvalue weighted by atomic mass is 9.95. The van der Waals surface area contributed by atoms with E-state index in [9.17, 15) is 29.4 Å². The number of carbonyl (C=O) groups excluding carboxylic acids is 4. The monoisotopic (exact) mass is 602 g/mol. The molecule has 3 aromatic rings. The molecule has 4 amide bonds. The summed E-state index contributed by atoms with van der Waals surface area (Å²) >= 11 is 0. The average Bonchev–Trinajstić information content (AvgIpc) is 3.03. The molecule has 0 fully saturated rings. The maximum absolute atomic E-state index is 13.6. The zero-order chi connectivity index (χ0) is 32.1. The lowest BCUT2D eigenvalue weighted by molar-refractivity contribution is -0.125. The SMILES string of the molecule is CCCN(CCC)C(=O)c1cc(C(N)=O)cc(C(=O)NC(Cc2ccccc2)C(O)C(O)CC(=O)NCc2ccccc2)c1. The number of nitrogens with two attached hydrogens (primary N) is 1. The number of hydrogen-bond acceptors (Lipinski definition) is 6. The minimum Gasteiger partial charge on any atom is -0.390 e. The van der Waals surface area contributed by atoms with Gasteiger partial charge in [-0.15, -0.1) is 0 Å². The minimum atomic E-state index is -1.52. The first kappa shape index (κ1) is 34.0.